The molecule has 0 aliphatic heterocycles. The van der Waals surface area contributed by atoms with Gasteiger partial charge in [-0.25, -0.2) is 19.9 Å². The van der Waals surface area contributed by atoms with Crippen molar-refractivity contribution in [2.24, 2.45) is 23.7 Å². The molecule has 1 aliphatic rings. The third-order valence-corrected chi connectivity index (χ3v) is 7.06. The first kappa shape index (κ1) is 29.1. The van der Waals surface area contributed by atoms with Crippen LogP contribution in [0.1, 0.15) is 77.2 Å². The Morgan fingerprint density at radius 1 is 0.974 bits per heavy atom. The maximum absolute atomic E-state index is 13.4. The Balaban J connectivity index is 1.77. The van der Waals surface area contributed by atoms with Crippen molar-refractivity contribution in [1.82, 2.24) is 20.1 Å². The van der Waals surface area contributed by atoms with E-state index >= 15 is 0 Å². The molecule has 0 spiro atoms. The molecular weight excluding hydrogens is 490 g/mol. The summed E-state index contributed by atoms with van der Waals surface area (Å²) < 4.78 is 0.417. The molecule has 208 valence electrons. The highest BCUT2D eigenvalue weighted by Crippen LogP contribution is 2.31. The summed E-state index contributed by atoms with van der Waals surface area (Å²) in [6.07, 6.45) is 8.63. The van der Waals surface area contributed by atoms with Crippen LogP contribution in [0.3, 0.4) is 0 Å². The predicted molar refractivity (Wildman–Crippen MR) is 143 cm³/mol. The third-order valence-electron chi connectivity index (χ3n) is 7.06. The van der Waals surface area contributed by atoms with Gasteiger partial charge in [-0.05, 0) is 30.2 Å². The van der Waals surface area contributed by atoms with Crippen LogP contribution in [0, 0.1) is 23.7 Å². The fourth-order valence-corrected chi connectivity index (χ4v) is 5.14. The quantitative estimate of drug-likeness (QED) is 0.292. The number of H-pyrrole nitrogens is 2. The maximum atomic E-state index is 13.4. The molecule has 38 heavy (non-hydrogen) atoms. The van der Waals surface area contributed by atoms with Crippen molar-refractivity contribution in [2.45, 2.75) is 78.2 Å². The molecule has 4 N–H and O–H groups in total. The molecule has 11 nitrogen and oxygen atoms in total. The average Bonchev–Trinajstić information content (AvgIpc) is 2.88. The zero-order valence-electron chi connectivity index (χ0n) is 22.2. The zero-order valence-corrected chi connectivity index (χ0v) is 22.2. The van der Waals surface area contributed by atoms with E-state index in [1.165, 1.54) is 32.1 Å². The van der Waals surface area contributed by atoms with Crippen molar-refractivity contribution in [2.75, 3.05) is 5.43 Å². The van der Waals surface area contributed by atoms with Crippen LogP contribution < -0.4 is 28.0 Å². The second-order valence-corrected chi connectivity index (χ2v) is 10.5. The lowest BCUT2D eigenvalue weighted by molar-refractivity contribution is -0.144. The lowest BCUT2D eigenvalue weighted by atomic mass is 9.79. The number of hydroxylamine groups is 1. The standard InChI is InChI=1S/C27H39N5O6/c1-18(2)16-22(23(33)30-32-26(36)28-25(35)29-27(32)37)21(15-9-14-19-10-5-3-6-11-19)24(34)31-38-17-20-12-7-4-8-13-20/h4,7-8,12-13,18-19,21-22H,3,5-6,9-11,14-17H2,1-2H3,(H,30,33)(H,31,34)(H2,28,29,35,36,37)/t21-,22+/m0/s1. The molecule has 1 aliphatic carbocycles. The van der Waals surface area contributed by atoms with Gasteiger partial charge < -0.3 is 0 Å². The van der Waals surface area contributed by atoms with E-state index in [1.807, 2.05) is 54.1 Å². The Kier molecular flexibility index (Phi) is 11.1. The molecule has 0 radical (unpaired) electrons. The summed E-state index contributed by atoms with van der Waals surface area (Å²) in [5.41, 5.74) is 2.59. The van der Waals surface area contributed by atoms with E-state index in [1.54, 1.807) is 0 Å². The van der Waals surface area contributed by atoms with Gasteiger partial charge in [0.1, 0.15) is 0 Å². The molecule has 11 heteroatoms. The van der Waals surface area contributed by atoms with E-state index in [4.69, 9.17) is 4.84 Å². The molecule has 3 rings (SSSR count). The van der Waals surface area contributed by atoms with Gasteiger partial charge in [-0.15, -0.1) is 4.68 Å². The van der Waals surface area contributed by atoms with Crippen LogP contribution in [0.2, 0.25) is 0 Å². The van der Waals surface area contributed by atoms with Gasteiger partial charge in [0.2, 0.25) is 11.8 Å². The van der Waals surface area contributed by atoms with Crippen molar-refractivity contribution in [3.63, 3.8) is 0 Å². The summed E-state index contributed by atoms with van der Waals surface area (Å²) in [6, 6.07) is 9.39. The number of aromatic amines is 2. The van der Waals surface area contributed by atoms with Gasteiger partial charge in [0, 0.05) is 0 Å². The minimum Gasteiger partial charge on any atom is -0.273 e. The van der Waals surface area contributed by atoms with Gasteiger partial charge in [-0.1, -0.05) is 89.1 Å². The number of carbonyl (C=O) groups excluding carboxylic acids is 2. The van der Waals surface area contributed by atoms with Crippen molar-refractivity contribution < 1.29 is 14.4 Å². The highest BCUT2D eigenvalue weighted by atomic mass is 16.6. The second-order valence-electron chi connectivity index (χ2n) is 10.5. The Bertz CT molecular complexity index is 1180. The number of rotatable bonds is 13. The van der Waals surface area contributed by atoms with E-state index in [0.29, 0.717) is 23.4 Å². The molecule has 1 heterocycles. The number of nitrogens with one attached hydrogen (secondary N) is 4. The number of aromatic nitrogens is 3. The van der Waals surface area contributed by atoms with Crippen molar-refractivity contribution in [3.05, 3.63) is 67.3 Å². The van der Waals surface area contributed by atoms with E-state index in [-0.39, 0.29) is 12.5 Å². The fourth-order valence-electron chi connectivity index (χ4n) is 5.14. The van der Waals surface area contributed by atoms with E-state index in [0.717, 1.165) is 18.4 Å². The van der Waals surface area contributed by atoms with Gasteiger partial charge >= 0.3 is 17.1 Å². The van der Waals surface area contributed by atoms with Crippen molar-refractivity contribution >= 4 is 11.8 Å². The lowest BCUT2D eigenvalue weighted by Crippen LogP contribution is -2.51. The van der Waals surface area contributed by atoms with Gasteiger partial charge in [-0.2, -0.15) is 0 Å². The number of amides is 2. The molecular formula is C27H39N5O6. The number of hydrogen-bond acceptors (Lipinski definition) is 6. The van der Waals surface area contributed by atoms with Crippen LogP contribution in [0.25, 0.3) is 0 Å². The molecule has 1 saturated carbocycles. The summed E-state index contributed by atoms with van der Waals surface area (Å²) >= 11 is 0. The van der Waals surface area contributed by atoms with E-state index in [9.17, 15) is 24.0 Å². The SMILES string of the molecule is CC(C)C[C@@H](C(=O)Nn1c(=O)[nH]c(=O)[nH]c1=O)[C@H](CCCC1CCCCC1)C(=O)NOCc1ccccc1. The van der Waals surface area contributed by atoms with Crippen molar-refractivity contribution in [1.29, 1.82) is 0 Å². The Morgan fingerprint density at radius 3 is 2.26 bits per heavy atom. The number of hydrogen-bond donors (Lipinski definition) is 4. The van der Waals surface area contributed by atoms with E-state index < -0.39 is 40.7 Å². The summed E-state index contributed by atoms with van der Waals surface area (Å²) in [4.78, 5) is 71.7. The monoisotopic (exact) mass is 529 g/mol. The van der Waals surface area contributed by atoms with E-state index in [2.05, 4.69) is 10.9 Å². The molecule has 1 aromatic carbocycles. The first-order valence-electron chi connectivity index (χ1n) is 13.5. The molecule has 2 atom stereocenters. The normalized spacial score (nSPS) is 15.7. The van der Waals surface area contributed by atoms with Gasteiger partial charge in [0.05, 0.1) is 18.4 Å². The van der Waals surface area contributed by atoms with Crippen LogP contribution in [0.15, 0.2) is 44.7 Å². The molecule has 0 unspecified atom stereocenters. The summed E-state index contributed by atoms with van der Waals surface area (Å²) in [6.45, 7) is 4.04. The van der Waals surface area contributed by atoms with Crippen molar-refractivity contribution in [3.8, 4) is 0 Å². The maximum Gasteiger partial charge on any atom is 0.353 e. The summed E-state index contributed by atoms with van der Waals surface area (Å²) in [5.74, 6) is -1.98. The third kappa shape index (κ3) is 8.83. The lowest BCUT2D eigenvalue weighted by Gasteiger charge is -2.28. The largest absolute Gasteiger partial charge is 0.353 e. The molecule has 2 aromatic rings. The molecule has 1 fully saturated rings. The second kappa shape index (κ2) is 14.5. The number of carbonyl (C=O) groups is 2. The van der Waals surface area contributed by atoms with Crippen LogP contribution in [0.5, 0.6) is 0 Å². The van der Waals surface area contributed by atoms with Gasteiger partial charge in [0.15, 0.2) is 0 Å². The molecule has 2 amide bonds. The Morgan fingerprint density at radius 2 is 1.63 bits per heavy atom. The first-order chi connectivity index (χ1) is 18.2. The molecule has 1 aromatic heterocycles. The highest BCUT2D eigenvalue weighted by Gasteiger charge is 2.35. The fraction of sp³-hybridized carbons (Fsp3) is 0.593. The topological polar surface area (TPSA) is 155 Å². The Labute approximate surface area is 221 Å². The molecule has 0 bridgehead atoms. The highest BCUT2D eigenvalue weighted by molar-refractivity contribution is 5.91. The average molecular weight is 530 g/mol. The van der Waals surface area contributed by atoms with Gasteiger partial charge in [-0.3, -0.25) is 29.8 Å². The van der Waals surface area contributed by atoms with Crippen LogP contribution in [-0.4, -0.2) is 26.5 Å². The minimum absolute atomic E-state index is 0.0511. The van der Waals surface area contributed by atoms with Crippen LogP contribution >= 0.6 is 0 Å². The van der Waals surface area contributed by atoms with Gasteiger partial charge in [0.25, 0.3) is 0 Å². The summed E-state index contributed by atoms with van der Waals surface area (Å²) in [7, 11) is 0. The first-order valence-corrected chi connectivity index (χ1v) is 13.5. The predicted octanol–water partition coefficient (Wildman–Crippen LogP) is 2.57. The van der Waals surface area contributed by atoms with Crippen LogP contribution in [0.4, 0.5) is 0 Å². The zero-order chi connectivity index (χ0) is 27.5. The summed E-state index contributed by atoms with van der Waals surface area (Å²) in [5, 5.41) is 0. The smallest absolute Gasteiger partial charge is 0.273 e. The number of nitrogens with zero attached hydrogens (tertiary/aromatic N) is 1. The Hall–Kier alpha value is -3.47. The molecule has 0 saturated heterocycles. The number of benzene rings is 1. The minimum atomic E-state index is -1.07. The van der Waals surface area contributed by atoms with Crippen LogP contribution in [-0.2, 0) is 21.0 Å².